The lowest BCUT2D eigenvalue weighted by Gasteiger charge is -2.28. The number of aromatic nitrogens is 1. The molecule has 5 rings (SSSR count). The summed E-state index contributed by atoms with van der Waals surface area (Å²) >= 11 is 0. The van der Waals surface area contributed by atoms with E-state index in [2.05, 4.69) is 77.2 Å². The predicted molar refractivity (Wildman–Crippen MR) is 118 cm³/mol. The van der Waals surface area contributed by atoms with Crippen molar-refractivity contribution in [2.75, 3.05) is 10.4 Å². The number of hydrogen-bond acceptors (Lipinski definition) is 3. The van der Waals surface area contributed by atoms with Gasteiger partial charge in [-0.2, -0.15) is 0 Å². The molecule has 5 aromatic rings. The van der Waals surface area contributed by atoms with Gasteiger partial charge in [0.15, 0.2) is 0 Å². The molecule has 0 aliphatic rings. The van der Waals surface area contributed by atoms with E-state index in [4.69, 9.17) is 4.98 Å². The number of rotatable bonds is 4. The number of fused-ring (bicyclic) bond motifs is 2. The number of benzene rings is 4. The number of hydrazine groups is 1. The van der Waals surface area contributed by atoms with Crippen LogP contribution < -0.4 is 10.4 Å². The Hall–Kier alpha value is -3.85. The van der Waals surface area contributed by atoms with Gasteiger partial charge in [0.1, 0.15) is 0 Å². The molecule has 1 aromatic heterocycles. The lowest BCUT2D eigenvalue weighted by atomic mass is 10.1. The van der Waals surface area contributed by atoms with E-state index in [0.29, 0.717) is 0 Å². The topological polar surface area (TPSA) is 28.2 Å². The van der Waals surface area contributed by atoms with Gasteiger partial charge in [0.2, 0.25) is 0 Å². The van der Waals surface area contributed by atoms with Crippen molar-refractivity contribution in [3.63, 3.8) is 0 Å². The van der Waals surface area contributed by atoms with E-state index < -0.39 is 0 Å². The van der Waals surface area contributed by atoms with E-state index in [0.717, 1.165) is 38.9 Å². The van der Waals surface area contributed by atoms with Gasteiger partial charge in [-0.3, -0.25) is 10.4 Å². The minimum absolute atomic E-state index is 0.979. The third kappa shape index (κ3) is 3.03. The van der Waals surface area contributed by atoms with Crippen LogP contribution in [0, 0.1) is 0 Å². The van der Waals surface area contributed by atoms with Crippen LogP contribution in [0.15, 0.2) is 109 Å². The highest BCUT2D eigenvalue weighted by Gasteiger charge is 2.14. The van der Waals surface area contributed by atoms with Gasteiger partial charge in [-0.15, -0.1) is 0 Å². The van der Waals surface area contributed by atoms with Crippen molar-refractivity contribution in [3.8, 4) is 0 Å². The Morgan fingerprint density at radius 2 is 1.29 bits per heavy atom. The summed E-state index contributed by atoms with van der Waals surface area (Å²) in [7, 11) is 0. The number of nitrogens with one attached hydrogen (secondary N) is 1. The molecule has 1 N–H and O–H groups in total. The Labute approximate surface area is 163 Å². The molecule has 0 radical (unpaired) electrons. The van der Waals surface area contributed by atoms with Crippen LogP contribution >= 0.6 is 0 Å². The van der Waals surface area contributed by atoms with Gasteiger partial charge in [0.05, 0.1) is 28.1 Å². The van der Waals surface area contributed by atoms with Crippen LogP contribution in [0.5, 0.6) is 0 Å². The molecule has 3 nitrogen and oxygen atoms in total. The summed E-state index contributed by atoms with van der Waals surface area (Å²) in [5.74, 6) is 0. The molecule has 134 valence electrons. The van der Waals surface area contributed by atoms with Crippen LogP contribution in [0.3, 0.4) is 0 Å². The minimum Gasteiger partial charge on any atom is -0.294 e. The zero-order valence-electron chi connectivity index (χ0n) is 15.3. The maximum atomic E-state index is 4.87. The molecule has 0 fully saturated rings. The zero-order valence-corrected chi connectivity index (χ0v) is 15.3. The largest absolute Gasteiger partial charge is 0.294 e. The fourth-order valence-corrected chi connectivity index (χ4v) is 3.46. The van der Waals surface area contributed by atoms with Gasteiger partial charge in [0.25, 0.3) is 0 Å². The molecule has 0 saturated heterocycles. The minimum atomic E-state index is 0.979. The third-order valence-corrected chi connectivity index (χ3v) is 4.81. The van der Waals surface area contributed by atoms with Crippen molar-refractivity contribution in [1.82, 2.24) is 4.98 Å². The molecule has 0 amide bonds. The first-order valence-electron chi connectivity index (χ1n) is 9.34. The summed E-state index contributed by atoms with van der Waals surface area (Å²) in [4.78, 5) is 4.87. The second kappa shape index (κ2) is 7.05. The Balaban J connectivity index is 1.71. The molecular weight excluding hydrogens is 342 g/mol. The fourth-order valence-electron chi connectivity index (χ4n) is 3.46. The average Bonchev–Trinajstić information content (AvgIpc) is 2.77. The van der Waals surface area contributed by atoms with Crippen LogP contribution in [0.25, 0.3) is 21.8 Å². The first kappa shape index (κ1) is 16.3. The number of anilines is 3. The monoisotopic (exact) mass is 361 g/mol. The third-order valence-electron chi connectivity index (χ3n) is 4.81. The molecule has 0 atom stereocenters. The summed E-state index contributed by atoms with van der Waals surface area (Å²) in [6.45, 7) is 0. The van der Waals surface area contributed by atoms with E-state index in [1.165, 1.54) is 0 Å². The Morgan fingerprint density at radius 3 is 2.11 bits per heavy atom. The van der Waals surface area contributed by atoms with Gasteiger partial charge in [-0.25, -0.2) is 4.98 Å². The Kier molecular flexibility index (Phi) is 4.11. The molecule has 0 spiro atoms. The van der Waals surface area contributed by atoms with Crippen LogP contribution in [0.2, 0.25) is 0 Å². The van der Waals surface area contributed by atoms with Gasteiger partial charge in [0, 0.05) is 10.8 Å². The zero-order chi connectivity index (χ0) is 18.8. The molecule has 3 heteroatoms. The maximum absolute atomic E-state index is 4.87. The van der Waals surface area contributed by atoms with Gasteiger partial charge in [-0.1, -0.05) is 60.7 Å². The molecule has 1 heterocycles. The summed E-state index contributed by atoms with van der Waals surface area (Å²) in [6.07, 6.45) is 0. The predicted octanol–water partition coefficient (Wildman–Crippen LogP) is 6.55. The van der Waals surface area contributed by atoms with Crippen LogP contribution in [0.4, 0.5) is 17.1 Å². The van der Waals surface area contributed by atoms with E-state index in [1.54, 1.807) is 0 Å². The molecule has 0 unspecified atom stereocenters. The molecule has 4 aromatic carbocycles. The second-order valence-electron chi connectivity index (χ2n) is 6.67. The standard InChI is InChI=1S/C25H19N3/c1-3-11-20(12-4-1)27-28(21-13-5-2-6-14-21)25-17-9-16-24-22(25)18-19-10-7-8-15-23(19)26-24/h1-18,27H. The molecule has 0 saturated carbocycles. The van der Waals surface area contributed by atoms with E-state index in [1.807, 2.05) is 42.5 Å². The number of nitrogens with zero attached hydrogens (tertiary/aromatic N) is 2. The van der Waals surface area contributed by atoms with Crippen molar-refractivity contribution >= 4 is 38.9 Å². The highest BCUT2D eigenvalue weighted by atomic mass is 15.5. The lowest BCUT2D eigenvalue weighted by Crippen LogP contribution is -2.24. The van der Waals surface area contributed by atoms with Crippen LogP contribution in [0.1, 0.15) is 0 Å². The Bertz CT molecular complexity index is 1230. The van der Waals surface area contributed by atoms with Crippen molar-refractivity contribution in [2.24, 2.45) is 0 Å². The summed E-state index contributed by atoms with van der Waals surface area (Å²) in [5, 5.41) is 4.36. The van der Waals surface area contributed by atoms with Gasteiger partial charge < -0.3 is 0 Å². The first-order valence-corrected chi connectivity index (χ1v) is 9.34. The second-order valence-corrected chi connectivity index (χ2v) is 6.67. The van der Waals surface area contributed by atoms with Crippen LogP contribution in [-0.2, 0) is 0 Å². The number of pyridine rings is 1. The molecule has 28 heavy (non-hydrogen) atoms. The SMILES string of the molecule is c1ccc(NN(c2ccccc2)c2cccc3nc4ccccc4cc23)cc1. The summed E-state index contributed by atoms with van der Waals surface area (Å²) in [6, 6.07) is 37.2. The smallest absolute Gasteiger partial charge is 0.0731 e. The highest BCUT2D eigenvalue weighted by molar-refractivity contribution is 6.01. The fraction of sp³-hybridized carbons (Fsp3) is 0. The van der Waals surface area contributed by atoms with Crippen molar-refractivity contribution in [1.29, 1.82) is 0 Å². The molecule has 0 bridgehead atoms. The molecular formula is C25H19N3. The first-order chi connectivity index (χ1) is 13.9. The summed E-state index contributed by atoms with van der Waals surface area (Å²) < 4.78 is 0. The van der Waals surface area contributed by atoms with Gasteiger partial charge >= 0.3 is 0 Å². The molecule has 0 aliphatic carbocycles. The highest BCUT2D eigenvalue weighted by Crippen LogP contribution is 2.33. The quantitative estimate of drug-likeness (QED) is 0.290. The van der Waals surface area contributed by atoms with E-state index >= 15 is 0 Å². The Morgan fingerprint density at radius 1 is 0.607 bits per heavy atom. The van der Waals surface area contributed by atoms with Crippen molar-refractivity contribution < 1.29 is 0 Å². The number of hydrogen-bond donors (Lipinski definition) is 1. The lowest BCUT2D eigenvalue weighted by molar-refractivity contribution is 1.17. The van der Waals surface area contributed by atoms with Crippen molar-refractivity contribution in [3.05, 3.63) is 109 Å². The molecule has 0 aliphatic heterocycles. The van der Waals surface area contributed by atoms with E-state index in [-0.39, 0.29) is 0 Å². The van der Waals surface area contributed by atoms with E-state index in [9.17, 15) is 0 Å². The van der Waals surface area contributed by atoms with Crippen LogP contribution in [-0.4, -0.2) is 4.98 Å². The normalized spacial score (nSPS) is 10.9. The summed E-state index contributed by atoms with van der Waals surface area (Å²) in [5.41, 5.74) is 8.69. The van der Waals surface area contributed by atoms with Gasteiger partial charge in [-0.05, 0) is 48.5 Å². The average molecular weight is 361 g/mol. The maximum Gasteiger partial charge on any atom is 0.0731 e. The number of para-hydroxylation sites is 3. The van der Waals surface area contributed by atoms with Crippen molar-refractivity contribution in [2.45, 2.75) is 0 Å².